The van der Waals surface area contributed by atoms with Crippen molar-refractivity contribution in [1.82, 2.24) is 15.1 Å². The van der Waals surface area contributed by atoms with Crippen molar-refractivity contribution >= 4 is 10.9 Å². The lowest BCUT2D eigenvalue weighted by atomic mass is 9.90. The Kier molecular flexibility index (Phi) is 3.46. The number of nitrogens with zero attached hydrogens (tertiary/aromatic N) is 2. The number of hydrogen-bond acceptors (Lipinski definition) is 2. The van der Waals surface area contributed by atoms with Crippen LogP contribution in [0.1, 0.15) is 37.8 Å². The molecule has 3 heteroatoms. The Morgan fingerprint density at radius 2 is 1.95 bits per heavy atom. The van der Waals surface area contributed by atoms with Crippen LogP contribution < -0.4 is 5.32 Å². The average molecular weight is 283 g/mol. The summed E-state index contributed by atoms with van der Waals surface area (Å²) >= 11 is 0. The van der Waals surface area contributed by atoms with Crippen molar-refractivity contribution in [1.29, 1.82) is 0 Å². The molecular weight excluding hydrogens is 258 g/mol. The van der Waals surface area contributed by atoms with Gasteiger partial charge in [-0.3, -0.25) is 4.68 Å². The zero-order chi connectivity index (χ0) is 14.2. The fourth-order valence-electron chi connectivity index (χ4n) is 3.94. The monoisotopic (exact) mass is 283 g/mol. The number of aromatic nitrogens is 2. The van der Waals surface area contributed by atoms with Crippen LogP contribution in [0, 0.1) is 11.8 Å². The largest absolute Gasteiger partial charge is 0.314 e. The van der Waals surface area contributed by atoms with Gasteiger partial charge in [-0.15, -0.1) is 0 Å². The molecule has 1 heterocycles. The van der Waals surface area contributed by atoms with Crippen LogP contribution in [-0.2, 0) is 13.5 Å². The molecule has 1 N–H and O–H groups in total. The Hall–Kier alpha value is -1.35. The van der Waals surface area contributed by atoms with Gasteiger partial charge in [0.1, 0.15) is 0 Å². The predicted octanol–water partition coefficient (Wildman–Crippen LogP) is 3.28. The molecule has 2 atom stereocenters. The molecular formula is C18H25N3. The lowest BCUT2D eigenvalue weighted by molar-refractivity contribution is 0.361. The highest BCUT2D eigenvalue weighted by Crippen LogP contribution is 2.35. The van der Waals surface area contributed by atoms with E-state index < -0.39 is 0 Å². The van der Waals surface area contributed by atoms with Crippen molar-refractivity contribution < 1.29 is 0 Å². The molecule has 0 spiro atoms. The third-order valence-corrected chi connectivity index (χ3v) is 5.35. The van der Waals surface area contributed by atoms with Gasteiger partial charge in [0.15, 0.2) is 0 Å². The summed E-state index contributed by atoms with van der Waals surface area (Å²) in [5.74, 6) is 1.67. The molecule has 2 aliphatic rings. The van der Waals surface area contributed by atoms with Gasteiger partial charge in [-0.1, -0.05) is 24.6 Å². The Balaban J connectivity index is 1.50. The van der Waals surface area contributed by atoms with Gasteiger partial charge in [0.25, 0.3) is 0 Å². The van der Waals surface area contributed by atoms with Crippen LogP contribution in [0.3, 0.4) is 0 Å². The van der Waals surface area contributed by atoms with Crippen LogP contribution in [-0.4, -0.2) is 22.4 Å². The molecule has 0 amide bonds. The number of benzene rings is 1. The van der Waals surface area contributed by atoms with E-state index in [0.29, 0.717) is 0 Å². The molecule has 0 bridgehead atoms. The summed E-state index contributed by atoms with van der Waals surface area (Å²) in [4.78, 5) is 0. The van der Waals surface area contributed by atoms with E-state index in [2.05, 4.69) is 36.6 Å². The average Bonchev–Trinajstić information content (AvgIpc) is 3.15. The first-order valence-electron chi connectivity index (χ1n) is 8.45. The molecule has 21 heavy (non-hydrogen) atoms. The molecule has 1 aromatic heterocycles. The van der Waals surface area contributed by atoms with E-state index in [1.807, 2.05) is 4.68 Å². The van der Waals surface area contributed by atoms with Crippen molar-refractivity contribution in [2.75, 3.05) is 6.54 Å². The van der Waals surface area contributed by atoms with Gasteiger partial charge in [-0.05, 0) is 56.6 Å². The molecule has 4 rings (SSSR count). The van der Waals surface area contributed by atoms with E-state index in [1.54, 1.807) is 0 Å². The Labute approximate surface area is 126 Å². The zero-order valence-electron chi connectivity index (χ0n) is 12.9. The van der Waals surface area contributed by atoms with Gasteiger partial charge >= 0.3 is 0 Å². The third kappa shape index (κ3) is 2.71. The van der Waals surface area contributed by atoms with Crippen LogP contribution in [0.5, 0.6) is 0 Å². The van der Waals surface area contributed by atoms with E-state index in [4.69, 9.17) is 5.10 Å². The normalized spacial score (nSPS) is 25.8. The van der Waals surface area contributed by atoms with Crippen LogP contribution >= 0.6 is 0 Å². The Morgan fingerprint density at radius 3 is 2.81 bits per heavy atom. The van der Waals surface area contributed by atoms with E-state index in [0.717, 1.165) is 24.3 Å². The quantitative estimate of drug-likeness (QED) is 0.912. The van der Waals surface area contributed by atoms with Gasteiger partial charge in [-0.25, -0.2) is 0 Å². The molecule has 112 valence electrons. The van der Waals surface area contributed by atoms with Crippen LogP contribution in [0.25, 0.3) is 10.9 Å². The van der Waals surface area contributed by atoms with Crippen molar-refractivity contribution in [2.24, 2.45) is 18.9 Å². The maximum absolute atomic E-state index is 4.79. The molecule has 2 unspecified atom stereocenters. The lowest BCUT2D eigenvalue weighted by Crippen LogP contribution is -2.27. The summed E-state index contributed by atoms with van der Waals surface area (Å²) < 4.78 is 2.04. The highest BCUT2D eigenvalue weighted by Gasteiger charge is 2.30. The molecule has 2 aliphatic carbocycles. The van der Waals surface area contributed by atoms with E-state index in [9.17, 15) is 0 Å². The van der Waals surface area contributed by atoms with Crippen molar-refractivity contribution in [2.45, 2.75) is 44.6 Å². The SMILES string of the molecule is Cn1nc(CC2CCCC2CNC2CC2)c2ccccc21. The number of nitrogens with one attached hydrogen (secondary N) is 1. The molecule has 2 saturated carbocycles. The summed E-state index contributed by atoms with van der Waals surface area (Å²) in [6, 6.07) is 9.47. The lowest BCUT2D eigenvalue weighted by Gasteiger charge is -2.19. The fraction of sp³-hybridized carbons (Fsp3) is 0.611. The fourth-order valence-corrected chi connectivity index (χ4v) is 3.94. The summed E-state index contributed by atoms with van der Waals surface area (Å²) in [5.41, 5.74) is 2.56. The molecule has 2 fully saturated rings. The second-order valence-electron chi connectivity index (χ2n) is 6.93. The maximum atomic E-state index is 4.79. The van der Waals surface area contributed by atoms with Crippen molar-refractivity contribution in [3.63, 3.8) is 0 Å². The van der Waals surface area contributed by atoms with Crippen LogP contribution in [0.4, 0.5) is 0 Å². The smallest absolute Gasteiger partial charge is 0.0706 e. The first-order valence-corrected chi connectivity index (χ1v) is 8.45. The summed E-state index contributed by atoms with van der Waals surface area (Å²) in [6.07, 6.45) is 8.10. The molecule has 3 nitrogen and oxygen atoms in total. The molecule has 0 saturated heterocycles. The van der Waals surface area contributed by atoms with Gasteiger partial charge in [0.2, 0.25) is 0 Å². The maximum Gasteiger partial charge on any atom is 0.0706 e. The number of fused-ring (bicyclic) bond motifs is 1. The second-order valence-corrected chi connectivity index (χ2v) is 6.93. The first-order chi connectivity index (χ1) is 10.3. The van der Waals surface area contributed by atoms with E-state index >= 15 is 0 Å². The molecule has 0 aliphatic heterocycles. The Morgan fingerprint density at radius 1 is 1.14 bits per heavy atom. The summed E-state index contributed by atoms with van der Waals surface area (Å²) in [6.45, 7) is 1.22. The van der Waals surface area contributed by atoms with Crippen LogP contribution in [0.15, 0.2) is 24.3 Å². The number of rotatable bonds is 5. The van der Waals surface area contributed by atoms with E-state index in [1.165, 1.54) is 55.2 Å². The van der Waals surface area contributed by atoms with E-state index in [-0.39, 0.29) is 0 Å². The van der Waals surface area contributed by atoms with Gasteiger partial charge in [0.05, 0.1) is 11.2 Å². The summed E-state index contributed by atoms with van der Waals surface area (Å²) in [7, 11) is 2.06. The van der Waals surface area contributed by atoms with Gasteiger partial charge < -0.3 is 5.32 Å². The topological polar surface area (TPSA) is 29.9 Å². The highest BCUT2D eigenvalue weighted by molar-refractivity contribution is 5.81. The molecule has 2 aromatic rings. The van der Waals surface area contributed by atoms with Crippen molar-refractivity contribution in [3.8, 4) is 0 Å². The number of hydrogen-bond donors (Lipinski definition) is 1. The minimum absolute atomic E-state index is 0.814. The molecule has 1 aromatic carbocycles. The predicted molar refractivity (Wildman–Crippen MR) is 86.3 cm³/mol. The van der Waals surface area contributed by atoms with Crippen molar-refractivity contribution in [3.05, 3.63) is 30.0 Å². The summed E-state index contributed by atoms with van der Waals surface area (Å²) in [5, 5.41) is 9.87. The zero-order valence-corrected chi connectivity index (χ0v) is 12.9. The van der Waals surface area contributed by atoms with Gasteiger partial charge in [-0.2, -0.15) is 5.10 Å². The second kappa shape index (κ2) is 5.45. The molecule has 0 radical (unpaired) electrons. The van der Waals surface area contributed by atoms with Gasteiger partial charge in [0, 0.05) is 18.5 Å². The minimum Gasteiger partial charge on any atom is -0.314 e. The number of para-hydroxylation sites is 1. The standard InChI is InChI=1S/C18H25N3/c1-21-18-8-3-2-7-16(18)17(20-21)11-13-5-4-6-14(13)12-19-15-9-10-15/h2-3,7-8,13-15,19H,4-6,9-12H2,1H3. The third-order valence-electron chi connectivity index (χ3n) is 5.35. The Bertz CT molecular complexity index is 626. The first kappa shape index (κ1) is 13.3. The highest BCUT2D eigenvalue weighted by atomic mass is 15.3. The minimum atomic E-state index is 0.814. The number of aryl methyl sites for hydroxylation is 1. The van der Waals surface area contributed by atoms with Crippen LogP contribution in [0.2, 0.25) is 0 Å².